The Bertz CT molecular complexity index is 744. The summed E-state index contributed by atoms with van der Waals surface area (Å²) in [5, 5.41) is 10.2. The molecule has 0 bridgehead atoms. The average molecular weight is 373 g/mol. The van der Waals surface area contributed by atoms with Gasteiger partial charge in [-0.15, -0.1) is 0 Å². The minimum atomic E-state index is 0.213. The highest BCUT2D eigenvalue weighted by Gasteiger charge is 2.12. The van der Waals surface area contributed by atoms with Crippen LogP contribution in [0, 0.1) is 11.3 Å². The summed E-state index contributed by atoms with van der Waals surface area (Å²) in [4.78, 5) is 0. The highest BCUT2D eigenvalue weighted by Crippen LogP contribution is 2.36. The molecular weight excluding hydrogens is 361 g/mol. The van der Waals surface area contributed by atoms with Gasteiger partial charge >= 0.3 is 0 Å². The Labute approximate surface area is 149 Å². The molecule has 0 unspecified atom stereocenters. The number of rotatable bonds is 6. The van der Waals surface area contributed by atoms with Crippen LogP contribution in [0.15, 0.2) is 30.3 Å². The minimum absolute atomic E-state index is 0.213. The fraction of sp³-hybridized carbons (Fsp3) is 0.188. The molecule has 23 heavy (non-hydrogen) atoms. The van der Waals surface area contributed by atoms with Crippen molar-refractivity contribution in [2.24, 2.45) is 0 Å². The summed E-state index contributed by atoms with van der Waals surface area (Å²) >= 11 is 18.0. The van der Waals surface area contributed by atoms with E-state index in [1.54, 1.807) is 24.3 Å². The monoisotopic (exact) mass is 371 g/mol. The number of methoxy groups -OCH3 is 1. The lowest BCUT2D eigenvalue weighted by Crippen LogP contribution is -2.10. The van der Waals surface area contributed by atoms with E-state index in [0.29, 0.717) is 37.9 Å². The minimum Gasteiger partial charge on any atom is -0.493 e. The predicted molar refractivity (Wildman–Crippen MR) is 90.2 cm³/mol. The lowest BCUT2D eigenvalue weighted by molar-refractivity contribution is 0.211. The van der Waals surface area contributed by atoms with Crippen LogP contribution in [-0.4, -0.2) is 20.3 Å². The molecule has 0 radical (unpaired) electrons. The van der Waals surface area contributed by atoms with E-state index in [1.807, 2.05) is 6.07 Å². The molecule has 0 aliphatic rings. The third kappa shape index (κ3) is 4.59. The van der Waals surface area contributed by atoms with E-state index in [2.05, 4.69) is 0 Å². The number of halogens is 3. The maximum atomic E-state index is 8.91. The highest BCUT2D eigenvalue weighted by molar-refractivity contribution is 6.34. The number of ether oxygens (including phenoxy) is 3. The second-order valence-corrected chi connectivity index (χ2v) is 5.62. The summed E-state index contributed by atoms with van der Waals surface area (Å²) in [6.45, 7) is 0.449. The van der Waals surface area contributed by atoms with Crippen LogP contribution in [0.3, 0.4) is 0 Å². The molecule has 0 saturated heterocycles. The third-order valence-electron chi connectivity index (χ3n) is 2.84. The Morgan fingerprint density at radius 2 is 1.70 bits per heavy atom. The zero-order valence-corrected chi connectivity index (χ0v) is 14.4. The van der Waals surface area contributed by atoms with Crippen molar-refractivity contribution in [3.8, 4) is 23.3 Å². The van der Waals surface area contributed by atoms with Gasteiger partial charge in [-0.2, -0.15) is 5.26 Å². The normalized spacial score (nSPS) is 10.0. The quantitative estimate of drug-likeness (QED) is 0.671. The van der Waals surface area contributed by atoms with Gasteiger partial charge in [0, 0.05) is 17.2 Å². The maximum Gasteiger partial charge on any atom is 0.179 e. The molecule has 0 heterocycles. The van der Waals surface area contributed by atoms with Crippen molar-refractivity contribution >= 4 is 34.8 Å². The lowest BCUT2D eigenvalue weighted by Gasteiger charge is -2.13. The van der Waals surface area contributed by atoms with Crippen LogP contribution in [0.2, 0.25) is 15.1 Å². The third-order valence-corrected chi connectivity index (χ3v) is 3.67. The van der Waals surface area contributed by atoms with Gasteiger partial charge in [0.05, 0.1) is 28.8 Å². The second kappa shape index (κ2) is 8.16. The van der Waals surface area contributed by atoms with Gasteiger partial charge in [0.15, 0.2) is 11.5 Å². The Kier molecular flexibility index (Phi) is 6.23. The van der Waals surface area contributed by atoms with Gasteiger partial charge in [-0.25, -0.2) is 0 Å². The standard InChI is InChI=1S/C16H12Cl3NO3/c1-21-15-7-10(9-20)6-13(19)16(15)23-5-4-22-14-8-11(17)2-3-12(14)18/h2-3,6-8H,4-5H2,1H3. The van der Waals surface area contributed by atoms with Gasteiger partial charge in [0.2, 0.25) is 0 Å². The Hall–Kier alpha value is -1.80. The van der Waals surface area contributed by atoms with Crippen LogP contribution in [0.4, 0.5) is 0 Å². The van der Waals surface area contributed by atoms with Crippen LogP contribution in [0.1, 0.15) is 5.56 Å². The predicted octanol–water partition coefficient (Wildman–Crippen LogP) is 4.98. The summed E-state index contributed by atoms with van der Waals surface area (Å²) in [6, 6.07) is 10.0. The van der Waals surface area contributed by atoms with Gasteiger partial charge in [-0.3, -0.25) is 0 Å². The van der Waals surface area contributed by atoms with E-state index in [1.165, 1.54) is 13.2 Å². The molecule has 0 aliphatic carbocycles. The van der Waals surface area contributed by atoms with Crippen molar-refractivity contribution in [1.29, 1.82) is 5.26 Å². The SMILES string of the molecule is COc1cc(C#N)cc(Cl)c1OCCOc1cc(Cl)ccc1Cl. The molecular formula is C16H12Cl3NO3. The van der Waals surface area contributed by atoms with Crippen LogP contribution < -0.4 is 14.2 Å². The fourth-order valence-electron chi connectivity index (χ4n) is 1.81. The number of benzene rings is 2. The first-order valence-electron chi connectivity index (χ1n) is 6.53. The van der Waals surface area contributed by atoms with Gasteiger partial charge < -0.3 is 14.2 Å². The molecule has 2 aromatic rings. The maximum absolute atomic E-state index is 8.91. The average Bonchev–Trinajstić information content (AvgIpc) is 2.55. The zero-order valence-electron chi connectivity index (χ0n) is 12.1. The molecule has 0 amide bonds. The first-order valence-corrected chi connectivity index (χ1v) is 7.67. The molecule has 2 aromatic carbocycles. The van der Waals surface area contributed by atoms with Crippen LogP contribution in [-0.2, 0) is 0 Å². The summed E-state index contributed by atoms with van der Waals surface area (Å²) in [5.74, 6) is 1.21. The summed E-state index contributed by atoms with van der Waals surface area (Å²) in [7, 11) is 1.47. The Morgan fingerprint density at radius 3 is 2.39 bits per heavy atom. The molecule has 0 fully saturated rings. The molecule has 2 rings (SSSR count). The molecule has 0 aliphatic heterocycles. The van der Waals surface area contributed by atoms with Gasteiger partial charge in [-0.1, -0.05) is 34.8 Å². The highest BCUT2D eigenvalue weighted by atomic mass is 35.5. The zero-order chi connectivity index (χ0) is 16.8. The topological polar surface area (TPSA) is 51.5 Å². The lowest BCUT2D eigenvalue weighted by atomic mass is 10.2. The van der Waals surface area contributed by atoms with Crippen molar-refractivity contribution in [1.82, 2.24) is 0 Å². The van der Waals surface area contributed by atoms with Crippen molar-refractivity contribution in [2.75, 3.05) is 20.3 Å². The second-order valence-electron chi connectivity index (χ2n) is 4.37. The summed E-state index contributed by atoms with van der Waals surface area (Å²) < 4.78 is 16.3. The summed E-state index contributed by atoms with van der Waals surface area (Å²) in [6.07, 6.45) is 0. The Balaban J connectivity index is 1.99. The van der Waals surface area contributed by atoms with Gasteiger partial charge in [0.1, 0.15) is 19.0 Å². The van der Waals surface area contributed by atoms with Crippen LogP contribution in [0.5, 0.6) is 17.2 Å². The Morgan fingerprint density at radius 1 is 0.957 bits per heavy atom. The summed E-state index contributed by atoms with van der Waals surface area (Å²) in [5.41, 5.74) is 0.390. The number of hydrogen-bond donors (Lipinski definition) is 0. The van der Waals surface area contributed by atoms with E-state index in [9.17, 15) is 0 Å². The van der Waals surface area contributed by atoms with Gasteiger partial charge in [0.25, 0.3) is 0 Å². The van der Waals surface area contributed by atoms with Crippen LogP contribution in [0.25, 0.3) is 0 Å². The van der Waals surface area contributed by atoms with E-state index in [0.717, 1.165) is 0 Å². The van der Waals surface area contributed by atoms with E-state index in [-0.39, 0.29) is 13.2 Å². The number of nitriles is 1. The van der Waals surface area contributed by atoms with Crippen LogP contribution >= 0.6 is 34.8 Å². The van der Waals surface area contributed by atoms with Crippen molar-refractivity contribution < 1.29 is 14.2 Å². The van der Waals surface area contributed by atoms with Gasteiger partial charge in [-0.05, 0) is 18.2 Å². The van der Waals surface area contributed by atoms with E-state index < -0.39 is 0 Å². The first-order chi connectivity index (χ1) is 11.0. The fourth-order valence-corrected chi connectivity index (χ4v) is 2.41. The molecule has 7 heteroatoms. The van der Waals surface area contributed by atoms with Crippen molar-refractivity contribution in [2.45, 2.75) is 0 Å². The molecule has 4 nitrogen and oxygen atoms in total. The molecule has 0 spiro atoms. The largest absolute Gasteiger partial charge is 0.493 e. The smallest absolute Gasteiger partial charge is 0.179 e. The van der Waals surface area contributed by atoms with Crippen molar-refractivity contribution in [3.05, 3.63) is 51.0 Å². The molecule has 0 N–H and O–H groups in total. The molecule has 120 valence electrons. The first kappa shape index (κ1) is 17.6. The van der Waals surface area contributed by atoms with Crippen molar-refractivity contribution in [3.63, 3.8) is 0 Å². The van der Waals surface area contributed by atoms with E-state index >= 15 is 0 Å². The molecule has 0 aromatic heterocycles. The number of nitrogens with zero attached hydrogens (tertiary/aromatic N) is 1. The number of hydrogen-bond acceptors (Lipinski definition) is 4. The van der Waals surface area contributed by atoms with E-state index in [4.69, 9.17) is 54.3 Å². The molecule has 0 saturated carbocycles. The molecule has 0 atom stereocenters.